The first-order valence-electron chi connectivity index (χ1n) is 8.67. The Labute approximate surface area is 161 Å². The summed E-state index contributed by atoms with van der Waals surface area (Å²) < 4.78 is 12.8. The summed E-state index contributed by atoms with van der Waals surface area (Å²) in [6, 6.07) is 13.2. The van der Waals surface area contributed by atoms with Crippen molar-refractivity contribution in [2.45, 2.75) is 12.8 Å². The quantitative estimate of drug-likeness (QED) is 0.726. The Bertz CT molecular complexity index is 956. The molecule has 1 amide bonds. The Kier molecular flexibility index (Phi) is 4.98. The number of amides is 1. The van der Waals surface area contributed by atoms with E-state index in [9.17, 15) is 4.79 Å². The van der Waals surface area contributed by atoms with Gasteiger partial charge >= 0.3 is 0 Å². The highest BCUT2D eigenvalue weighted by molar-refractivity contribution is 6.34. The van der Waals surface area contributed by atoms with Gasteiger partial charge in [-0.25, -0.2) is 4.68 Å². The predicted octanol–water partition coefficient (Wildman–Crippen LogP) is 3.87. The van der Waals surface area contributed by atoms with Gasteiger partial charge in [0.2, 0.25) is 5.91 Å². The molecule has 0 bridgehead atoms. The van der Waals surface area contributed by atoms with Gasteiger partial charge in [0, 0.05) is 24.8 Å². The lowest BCUT2D eigenvalue weighted by molar-refractivity contribution is -0.116. The molecular formula is C20H18ClN3O3. The summed E-state index contributed by atoms with van der Waals surface area (Å²) in [5, 5.41) is 7.60. The van der Waals surface area contributed by atoms with Gasteiger partial charge in [0.25, 0.3) is 0 Å². The van der Waals surface area contributed by atoms with Crippen molar-refractivity contribution in [2.75, 3.05) is 18.5 Å². The van der Waals surface area contributed by atoms with E-state index >= 15 is 0 Å². The van der Waals surface area contributed by atoms with Crippen LogP contribution in [0.15, 0.2) is 54.9 Å². The number of para-hydroxylation sites is 1. The van der Waals surface area contributed by atoms with Gasteiger partial charge in [-0.1, -0.05) is 29.8 Å². The number of carbonyl (C=O) groups is 1. The third-order valence-electron chi connectivity index (χ3n) is 4.20. The maximum atomic E-state index is 12.3. The molecule has 0 saturated carbocycles. The average molecular weight is 384 g/mol. The normalized spacial score (nSPS) is 12.6. The molecule has 0 aliphatic carbocycles. The minimum Gasteiger partial charge on any atom is -0.486 e. The van der Waals surface area contributed by atoms with Crippen molar-refractivity contribution in [3.63, 3.8) is 0 Å². The Balaban J connectivity index is 1.37. The second-order valence-electron chi connectivity index (χ2n) is 6.15. The van der Waals surface area contributed by atoms with Crippen LogP contribution in [0, 0.1) is 0 Å². The number of aryl methyl sites for hydroxylation is 1. The first-order chi connectivity index (χ1) is 13.2. The highest BCUT2D eigenvalue weighted by atomic mass is 35.5. The van der Waals surface area contributed by atoms with Gasteiger partial charge in [-0.05, 0) is 24.1 Å². The van der Waals surface area contributed by atoms with Gasteiger partial charge in [-0.2, -0.15) is 5.10 Å². The number of nitrogens with zero attached hydrogens (tertiary/aromatic N) is 2. The molecular weight excluding hydrogens is 366 g/mol. The Morgan fingerprint density at radius 3 is 2.67 bits per heavy atom. The molecule has 2 aromatic carbocycles. The minimum atomic E-state index is -0.124. The number of carbonyl (C=O) groups excluding carboxylic acids is 1. The molecule has 138 valence electrons. The number of anilines is 1. The average Bonchev–Trinajstić information content (AvgIpc) is 3.17. The van der Waals surface area contributed by atoms with Crippen molar-refractivity contribution in [3.8, 4) is 17.2 Å². The van der Waals surface area contributed by atoms with Crippen molar-refractivity contribution < 1.29 is 14.3 Å². The molecule has 1 aliphatic rings. The van der Waals surface area contributed by atoms with E-state index in [1.54, 1.807) is 23.0 Å². The molecule has 1 N–H and O–H groups in total. The summed E-state index contributed by atoms with van der Waals surface area (Å²) in [7, 11) is 0. The zero-order valence-corrected chi connectivity index (χ0v) is 15.3. The second kappa shape index (κ2) is 7.72. The lowest BCUT2D eigenvalue weighted by Crippen LogP contribution is -2.17. The minimum absolute atomic E-state index is 0.124. The van der Waals surface area contributed by atoms with Crippen LogP contribution in [0.4, 0.5) is 5.69 Å². The fourth-order valence-electron chi connectivity index (χ4n) is 2.84. The fraction of sp³-hybridized carbons (Fsp3) is 0.200. The molecule has 6 nitrogen and oxygen atoms in total. The first-order valence-corrected chi connectivity index (χ1v) is 9.05. The number of halogens is 1. The number of nitrogens with one attached hydrogen (secondary N) is 1. The second-order valence-corrected chi connectivity index (χ2v) is 6.56. The standard InChI is InChI=1S/C20H18ClN3O3/c21-16-10-18-19(27-9-8-26-18)11-17(16)23-20(25)7-6-14-12-22-24(13-14)15-4-2-1-3-5-15/h1-5,10-13H,6-9H2,(H,23,25). The predicted molar refractivity (Wildman–Crippen MR) is 103 cm³/mol. The topological polar surface area (TPSA) is 65.4 Å². The summed E-state index contributed by atoms with van der Waals surface area (Å²) in [4.78, 5) is 12.3. The summed E-state index contributed by atoms with van der Waals surface area (Å²) >= 11 is 6.23. The monoisotopic (exact) mass is 383 g/mol. The van der Waals surface area contributed by atoms with Gasteiger partial charge in [-0.15, -0.1) is 0 Å². The van der Waals surface area contributed by atoms with Gasteiger partial charge in [-0.3, -0.25) is 4.79 Å². The molecule has 3 aromatic rings. The van der Waals surface area contributed by atoms with E-state index in [1.165, 1.54) is 0 Å². The molecule has 2 heterocycles. The molecule has 27 heavy (non-hydrogen) atoms. The summed E-state index contributed by atoms with van der Waals surface area (Å²) in [5.41, 5.74) is 2.49. The number of hydrogen-bond donors (Lipinski definition) is 1. The number of aromatic nitrogens is 2. The van der Waals surface area contributed by atoms with Crippen LogP contribution in [0.25, 0.3) is 5.69 Å². The van der Waals surface area contributed by atoms with E-state index in [1.807, 2.05) is 36.5 Å². The van der Waals surface area contributed by atoms with Gasteiger partial charge < -0.3 is 14.8 Å². The third kappa shape index (κ3) is 4.06. The van der Waals surface area contributed by atoms with Crippen LogP contribution in [0.3, 0.4) is 0 Å². The van der Waals surface area contributed by atoms with Crippen LogP contribution in [0.1, 0.15) is 12.0 Å². The van der Waals surface area contributed by atoms with Gasteiger partial charge in [0.1, 0.15) is 13.2 Å². The largest absolute Gasteiger partial charge is 0.486 e. The number of fused-ring (bicyclic) bond motifs is 1. The van der Waals surface area contributed by atoms with Crippen LogP contribution in [0.2, 0.25) is 5.02 Å². The Morgan fingerprint density at radius 1 is 1.15 bits per heavy atom. The van der Waals surface area contributed by atoms with Crippen LogP contribution in [-0.2, 0) is 11.2 Å². The fourth-order valence-corrected chi connectivity index (χ4v) is 3.04. The summed E-state index contributed by atoms with van der Waals surface area (Å²) in [6.45, 7) is 0.971. The molecule has 7 heteroatoms. The maximum absolute atomic E-state index is 12.3. The van der Waals surface area contributed by atoms with Crippen LogP contribution < -0.4 is 14.8 Å². The zero-order valence-electron chi connectivity index (χ0n) is 14.5. The summed E-state index contributed by atoms with van der Waals surface area (Å²) in [6.07, 6.45) is 4.61. The number of benzene rings is 2. The van der Waals surface area contributed by atoms with Crippen LogP contribution in [0.5, 0.6) is 11.5 Å². The van der Waals surface area contributed by atoms with E-state index < -0.39 is 0 Å². The van der Waals surface area contributed by atoms with E-state index in [4.69, 9.17) is 21.1 Å². The molecule has 0 atom stereocenters. The van der Waals surface area contributed by atoms with Crippen LogP contribution >= 0.6 is 11.6 Å². The first kappa shape index (κ1) is 17.4. The summed E-state index contributed by atoms with van der Waals surface area (Å²) in [5.74, 6) is 1.06. The Morgan fingerprint density at radius 2 is 1.89 bits per heavy atom. The van der Waals surface area contributed by atoms with Crippen molar-refractivity contribution in [1.82, 2.24) is 9.78 Å². The molecule has 1 aliphatic heterocycles. The zero-order chi connectivity index (χ0) is 18.6. The van der Waals surface area contributed by atoms with Gasteiger partial charge in [0.05, 0.1) is 22.6 Å². The van der Waals surface area contributed by atoms with Crippen molar-refractivity contribution in [2.24, 2.45) is 0 Å². The smallest absolute Gasteiger partial charge is 0.224 e. The number of ether oxygens (including phenoxy) is 2. The lowest BCUT2D eigenvalue weighted by Gasteiger charge is -2.20. The highest BCUT2D eigenvalue weighted by Crippen LogP contribution is 2.38. The van der Waals surface area contributed by atoms with Crippen molar-refractivity contribution in [3.05, 3.63) is 65.4 Å². The lowest BCUT2D eigenvalue weighted by atomic mass is 10.2. The number of rotatable bonds is 5. The van der Waals surface area contributed by atoms with Crippen molar-refractivity contribution >= 4 is 23.2 Å². The van der Waals surface area contributed by atoms with Gasteiger partial charge in [0.15, 0.2) is 11.5 Å². The highest BCUT2D eigenvalue weighted by Gasteiger charge is 2.16. The molecule has 0 unspecified atom stereocenters. The molecule has 0 fully saturated rings. The molecule has 0 spiro atoms. The molecule has 0 saturated heterocycles. The van der Waals surface area contributed by atoms with Crippen molar-refractivity contribution in [1.29, 1.82) is 0 Å². The maximum Gasteiger partial charge on any atom is 0.224 e. The van der Waals surface area contributed by atoms with E-state index in [-0.39, 0.29) is 5.91 Å². The molecule has 4 rings (SSSR count). The third-order valence-corrected chi connectivity index (χ3v) is 4.52. The van der Waals surface area contributed by atoms with Crippen LogP contribution in [-0.4, -0.2) is 28.9 Å². The molecule has 1 aromatic heterocycles. The van der Waals surface area contributed by atoms with E-state index in [0.29, 0.717) is 48.3 Å². The van der Waals surface area contributed by atoms with E-state index in [2.05, 4.69) is 10.4 Å². The SMILES string of the molecule is O=C(CCc1cnn(-c2ccccc2)c1)Nc1cc2c(cc1Cl)OCCO2. The molecule has 0 radical (unpaired) electrons. The van der Waals surface area contributed by atoms with E-state index in [0.717, 1.165) is 11.3 Å². The Hall–Kier alpha value is -2.99. The number of hydrogen-bond acceptors (Lipinski definition) is 4.